The molecule has 2 nitrogen and oxygen atoms in total. The fraction of sp³-hybridized carbons (Fsp3) is 0.750. The third kappa shape index (κ3) is 39.8. The van der Waals surface area contributed by atoms with Crippen molar-refractivity contribution >= 4 is 11.4 Å². The Bertz CT molecular complexity index is 1890. The molecule has 3 heteroatoms. The average molecular weight is 1190 g/mol. The summed E-state index contributed by atoms with van der Waals surface area (Å²) in [7, 11) is 0. The third-order valence-corrected chi connectivity index (χ3v) is 19.3. The molecule has 1 aliphatic heterocycles. The van der Waals surface area contributed by atoms with E-state index >= 15 is 0 Å². The summed E-state index contributed by atoms with van der Waals surface area (Å²) >= 11 is 1.94. The van der Waals surface area contributed by atoms with Gasteiger partial charge in [0.05, 0.1) is 0 Å². The standard InChI is InChI=1S/C72H120N2.2C4H9.Ni/c1-6-11-16-19-21-23-25-27-29-31-33-35-37-39-41-43-52-64(50-14-9-4)59-61-66-54-46-48-57-69(66)71-63-68(56-45-18-13-8-3)72(74(71)73)70-58-49-47-55-67(70)62-60-65(51-15-10-5)53-44-42-40-38-36-34-32-30-28-26-24-22-20-17-12-7-2;2*1-3-4-2;/h41-44,46-49,54-55,57-58,63-65H,6-40,45,50-53,56,59-62H2,1-5H3;2*1,3-4H2,2H3;. The molecule has 0 radical (unpaired) electrons. The van der Waals surface area contributed by atoms with Crippen LogP contribution in [0.2, 0.25) is 10.8 Å². The number of hydrogen-bond donors (Lipinski definition) is 0. The number of unbranched alkanes of at least 4 members (excludes halogenated alkanes) is 33. The maximum atomic E-state index is 12.5. The molecule has 0 bridgehead atoms. The van der Waals surface area contributed by atoms with Crippen molar-refractivity contribution in [3.05, 3.63) is 112 Å². The van der Waals surface area contributed by atoms with Gasteiger partial charge in [-0.2, -0.15) is 0 Å². The van der Waals surface area contributed by atoms with Gasteiger partial charge in [0, 0.05) is 22.8 Å². The van der Waals surface area contributed by atoms with Gasteiger partial charge in [-0.25, -0.2) is 4.70 Å². The normalized spacial score (nSPS) is 13.5. The third-order valence-electron chi connectivity index (χ3n) is 17.9. The SMILES string of the molecule is CCCCCCCCCCCCCCCC=CCC(CCCC)CCc1ccccc1C1=CC(CCCCCC)=C(c2ccccc2CCC(CC=CCCCCCCCCCCCCCCC)CCCC)[N+]1=[N-].CCC[CH2][Ni][CH2]CCC. The van der Waals surface area contributed by atoms with Crippen LogP contribution in [-0.4, -0.2) is 4.70 Å². The summed E-state index contributed by atoms with van der Waals surface area (Å²) in [5.41, 5.74) is 20.9. The van der Waals surface area contributed by atoms with E-state index in [1.807, 2.05) is 14.4 Å². The van der Waals surface area contributed by atoms with Crippen molar-refractivity contribution in [3.8, 4) is 0 Å². The molecule has 0 spiro atoms. The van der Waals surface area contributed by atoms with E-state index in [1.165, 1.54) is 328 Å². The van der Waals surface area contributed by atoms with Crippen LogP contribution in [0.1, 0.15) is 372 Å². The second-order valence-corrected chi connectivity index (χ2v) is 27.1. The molecule has 478 valence electrons. The topological polar surface area (TPSA) is 25.3 Å². The quantitative estimate of drug-likeness (QED) is 0.0273. The van der Waals surface area contributed by atoms with E-state index in [0.29, 0.717) is 11.8 Å². The van der Waals surface area contributed by atoms with E-state index in [4.69, 9.17) is 0 Å². The number of hydrogen-bond acceptors (Lipinski definition) is 0. The summed E-state index contributed by atoms with van der Waals surface area (Å²) in [6.07, 6.45) is 77.7. The molecular formula is C80H138N2Ni. The molecular weight excluding hydrogens is 1050 g/mol. The summed E-state index contributed by atoms with van der Waals surface area (Å²) in [4.78, 5) is 0. The maximum absolute atomic E-state index is 12.5. The molecule has 2 aromatic carbocycles. The van der Waals surface area contributed by atoms with Crippen molar-refractivity contribution in [2.24, 2.45) is 11.8 Å². The number of allylic oxidation sites excluding steroid dienone is 6. The molecule has 3 rings (SSSR count). The van der Waals surface area contributed by atoms with Gasteiger partial charge in [0.2, 0.25) is 11.4 Å². The molecule has 0 aliphatic carbocycles. The van der Waals surface area contributed by atoms with Gasteiger partial charge < -0.3 is 5.53 Å². The van der Waals surface area contributed by atoms with Crippen molar-refractivity contribution in [1.82, 2.24) is 0 Å². The molecule has 0 amide bonds. The van der Waals surface area contributed by atoms with Crippen molar-refractivity contribution in [3.63, 3.8) is 0 Å². The Hall–Kier alpha value is -2.51. The summed E-state index contributed by atoms with van der Waals surface area (Å²) in [5, 5.41) is 2.78. The van der Waals surface area contributed by atoms with E-state index < -0.39 is 0 Å². The van der Waals surface area contributed by atoms with E-state index in [-0.39, 0.29) is 0 Å². The molecule has 2 unspecified atom stereocenters. The number of nitrogens with zero attached hydrogens (tertiary/aromatic N) is 2. The Morgan fingerprint density at radius 1 is 0.361 bits per heavy atom. The minimum absolute atomic E-state index is 0.698. The second-order valence-electron chi connectivity index (χ2n) is 25.6. The Labute approximate surface area is 525 Å². The summed E-state index contributed by atoms with van der Waals surface area (Å²) in [5.74, 6) is 1.40. The first-order valence-electron chi connectivity index (χ1n) is 36.8. The molecule has 0 fully saturated rings. The number of benzene rings is 2. The van der Waals surface area contributed by atoms with E-state index in [0.717, 1.165) is 37.1 Å². The van der Waals surface area contributed by atoms with Gasteiger partial charge >= 0.3 is 64.8 Å². The average Bonchev–Trinajstić information content (AvgIpc) is 3.23. The van der Waals surface area contributed by atoms with Crippen LogP contribution in [0.5, 0.6) is 0 Å². The van der Waals surface area contributed by atoms with Crippen LogP contribution in [0.4, 0.5) is 0 Å². The van der Waals surface area contributed by atoms with Crippen molar-refractivity contribution in [2.45, 2.75) is 374 Å². The van der Waals surface area contributed by atoms with Crippen LogP contribution in [0.15, 0.2) is 84.5 Å². The molecule has 83 heavy (non-hydrogen) atoms. The predicted molar refractivity (Wildman–Crippen MR) is 370 cm³/mol. The van der Waals surface area contributed by atoms with Crippen LogP contribution in [0, 0.1) is 11.8 Å². The molecule has 2 aromatic rings. The van der Waals surface area contributed by atoms with Crippen molar-refractivity contribution < 1.29 is 19.1 Å². The Balaban J connectivity index is 0.00000239. The summed E-state index contributed by atoms with van der Waals surface area (Å²) < 4.78 is 1.61. The molecule has 0 saturated carbocycles. The number of rotatable bonds is 57. The second kappa shape index (κ2) is 57.3. The monoisotopic (exact) mass is 1190 g/mol. The van der Waals surface area contributed by atoms with Crippen molar-refractivity contribution in [2.75, 3.05) is 0 Å². The zero-order chi connectivity index (χ0) is 59.7. The minimum atomic E-state index is 0.698. The van der Waals surface area contributed by atoms with Gasteiger partial charge in [-0.05, 0) is 112 Å². The van der Waals surface area contributed by atoms with E-state index in [9.17, 15) is 5.53 Å². The van der Waals surface area contributed by atoms with Gasteiger partial charge in [0.25, 0.3) is 0 Å². The fourth-order valence-electron chi connectivity index (χ4n) is 12.2. The molecule has 0 saturated heterocycles. The van der Waals surface area contributed by atoms with Gasteiger partial charge in [-0.3, -0.25) is 0 Å². The van der Waals surface area contributed by atoms with E-state index in [2.05, 4.69) is 127 Å². The van der Waals surface area contributed by atoms with Gasteiger partial charge in [0.1, 0.15) is 0 Å². The Morgan fingerprint density at radius 3 is 1.12 bits per heavy atom. The van der Waals surface area contributed by atoms with Crippen LogP contribution >= 0.6 is 0 Å². The molecule has 1 aliphatic rings. The molecule has 0 N–H and O–H groups in total. The first kappa shape index (κ1) is 76.6. The van der Waals surface area contributed by atoms with Crippen LogP contribution in [0.3, 0.4) is 0 Å². The zero-order valence-electron chi connectivity index (χ0n) is 56.4. The van der Waals surface area contributed by atoms with Gasteiger partial charge in [0.15, 0.2) is 0 Å². The number of aryl methyl sites for hydroxylation is 2. The van der Waals surface area contributed by atoms with E-state index in [1.54, 1.807) is 4.70 Å². The Morgan fingerprint density at radius 2 is 0.711 bits per heavy atom. The first-order chi connectivity index (χ1) is 41.0. The van der Waals surface area contributed by atoms with Gasteiger partial charge in [-0.1, -0.05) is 307 Å². The molecule has 2 atom stereocenters. The van der Waals surface area contributed by atoms with Crippen molar-refractivity contribution in [1.29, 1.82) is 0 Å². The van der Waals surface area contributed by atoms with Crippen LogP contribution in [-0.2, 0) is 27.3 Å². The summed E-state index contributed by atoms with van der Waals surface area (Å²) in [6.45, 7) is 16.1. The van der Waals surface area contributed by atoms with Crippen LogP contribution < -0.4 is 0 Å². The van der Waals surface area contributed by atoms with Crippen LogP contribution in [0.25, 0.3) is 16.9 Å². The zero-order valence-corrected chi connectivity index (χ0v) is 57.4. The fourth-order valence-corrected chi connectivity index (χ4v) is 13.7. The predicted octanol–water partition coefficient (Wildman–Crippen LogP) is 28.3. The molecule has 0 aromatic heterocycles. The Kier molecular flexibility index (Phi) is 52.8. The summed E-state index contributed by atoms with van der Waals surface area (Å²) in [6, 6.07) is 18.1. The molecule has 1 heterocycles. The first-order valence-corrected chi connectivity index (χ1v) is 38.2. The van der Waals surface area contributed by atoms with Gasteiger partial charge in [-0.15, -0.1) is 0 Å².